The number of hydrogen-bond donors (Lipinski definition) is 1. The van der Waals surface area contributed by atoms with Crippen molar-refractivity contribution >= 4 is 22.7 Å². The van der Waals surface area contributed by atoms with Crippen LogP contribution in [0, 0.1) is 0 Å². The summed E-state index contributed by atoms with van der Waals surface area (Å²) in [6.45, 7) is 4.40. The van der Waals surface area contributed by atoms with Crippen molar-refractivity contribution in [2.24, 2.45) is 0 Å². The van der Waals surface area contributed by atoms with E-state index >= 15 is 0 Å². The normalized spacial score (nSPS) is 10.9. The van der Waals surface area contributed by atoms with E-state index in [9.17, 15) is 4.79 Å². The molecule has 0 radical (unpaired) electrons. The first-order valence-corrected chi connectivity index (χ1v) is 9.97. The van der Waals surface area contributed by atoms with Gasteiger partial charge in [-0.1, -0.05) is 42.1 Å². The van der Waals surface area contributed by atoms with Crippen molar-refractivity contribution in [2.45, 2.75) is 17.5 Å². The van der Waals surface area contributed by atoms with Crippen molar-refractivity contribution in [3.8, 4) is 17.1 Å². The molecule has 0 bridgehead atoms. The Balaban J connectivity index is 1.63. The predicted molar refractivity (Wildman–Crippen MR) is 114 cm³/mol. The third-order valence-corrected chi connectivity index (χ3v) is 5.33. The van der Waals surface area contributed by atoms with Crippen molar-refractivity contribution < 1.29 is 4.74 Å². The van der Waals surface area contributed by atoms with Crippen molar-refractivity contribution in [3.05, 3.63) is 77.4 Å². The maximum atomic E-state index is 12.3. The first kappa shape index (κ1) is 18.9. The molecule has 0 saturated heterocycles. The van der Waals surface area contributed by atoms with Crippen LogP contribution in [-0.2, 0) is 12.3 Å². The van der Waals surface area contributed by atoms with Crippen LogP contribution in [0.15, 0.2) is 71.1 Å². The molecule has 0 aliphatic heterocycles. The van der Waals surface area contributed by atoms with Gasteiger partial charge in [0.05, 0.1) is 23.8 Å². The van der Waals surface area contributed by atoms with Gasteiger partial charge in [-0.2, -0.15) is 0 Å². The first-order chi connectivity index (χ1) is 14.2. The summed E-state index contributed by atoms with van der Waals surface area (Å²) in [6.07, 6.45) is 1.80. The van der Waals surface area contributed by atoms with Crippen molar-refractivity contribution in [1.82, 2.24) is 24.7 Å². The fraction of sp³-hybridized carbons (Fsp3) is 0.143. The van der Waals surface area contributed by atoms with E-state index in [1.54, 1.807) is 19.3 Å². The molecule has 0 spiro atoms. The molecule has 0 atom stereocenters. The summed E-state index contributed by atoms with van der Waals surface area (Å²) >= 11 is 1.46. The largest absolute Gasteiger partial charge is 0.497 e. The molecule has 0 unspecified atom stereocenters. The lowest BCUT2D eigenvalue weighted by Crippen LogP contribution is -2.11. The van der Waals surface area contributed by atoms with Crippen LogP contribution < -0.4 is 10.3 Å². The van der Waals surface area contributed by atoms with E-state index in [-0.39, 0.29) is 5.56 Å². The molecule has 0 aliphatic rings. The molecule has 0 aliphatic carbocycles. The van der Waals surface area contributed by atoms with Gasteiger partial charge in [-0.15, -0.1) is 16.8 Å². The van der Waals surface area contributed by atoms with Crippen LogP contribution in [0.2, 0.25) is 0 Å². The topological polar surface area (TPSA) is 85.7 Å². The Labute approximate surface area is 171 Å². The van der Waals surface area contributed by atoms with Gasteiger partial charge in [-0.05, 0) is 24.3 Å². The Kier molecular flexibility index (Phi) is 5.44. The van der Waals surface area contributed by atoms with Crippen molar-refractivity contribution in [3.63, 3.8) is 0 Å². The van der Waals surface area contributed by atoms with E-state index in [0.717, 1.165) is 22.3 Å². The number of aromatic amines is 1. The highest BCUT2D eigenvalue weighted by atomic mass is 32.2. The number of thioether (sulfide) groups is 1. The minimum absolute atomic E-state index is 0.143. The molecule has 29 heavy (non-hydrogen) atoms. The predicted octanol–water partition coefficient (Wildman–Crippen LogP) is 3.67. The van der Waals surface area contributed by atoms with Crippen LogP contribution in [0.5, 0.6) is 5.75 Å². The summed E-state index contributed by atoms with van der Waals surface area (Å²) in [5.74, 6) is 2.54. The molecule has 146 valence electrons. The lowest BCUT2D eigenvalue weighted by molar-refractivity contribution is 0.415. The summed E-state index contributed by atoms with van der Waals surface area (Å²) in [6, 6.07) is 15.0. The zero-order chi connectivity index (χ0) is 20.2. The molecule has 7 nitrogen and oxygen atoms in total. The number of para-hydroxylation sites is 1. The Morgan fingerprint density at radius 1 is 1.21 bits per heavy atom. The van der Waals surface area contributed by atoms with E-state index in [4.69, 9.17) is 4.74 Å². The van der Waals surface area contributed by atoms with Crippen LogP contribution in [0.25, 0.3) is 22.3 Å². The third kappa shape index (κ3) is 3.93. The second-order valence-corrected chi connectivity index (χ2v) is 7.20. The second kappa shape index (κ2) is 8.32. The van der Waals surface area contributed by atoms with Gasteiger partial charge in [-0.25, -0.2) is 4.98 Å². The lowest BCUT2D eigenvalue weighted by atomic mass is 10.2. The molecule has 0 saturated carbocycles. The monoisotopic (exact) mass is 405 g/mol. The minimum Gasteiger partial charge on any atom is -0.497 e. The summed E-state index contributed by atoms with van der Waals surface area (Å²) < 4.78 is 7.29. The number of H-pyrrole nitrogens is 1. The van der Waals surface area contributed by atoms with Gasteiger partial charge in [-0.3, -0.25) is 9.36 Å². The van der Waals surface area contributed by atoms with Gasteiger partial charge in [0.2, 0.25) is 0 Å². The quantitative estimate of drug-likeness (QED) is 0.373. The maximum Gasteiger partial charge on any atom is 0.258 e. The van der Waals surface area contributed by atoms with Gasteiger partial charge in [0.15, 0.2) is 11.0 Å². The number of benzene rings is 2. The van der Waals surface area contributed by atoms with E-state index in [1.807, 2.05) is 47.0 Å². The molecule has 0 amide bonds. The maximum absolute atomic E-state index is 12.3. The number of hydrogen-bond acceptors (Lipinski definition) is 6. The average molecular weight is 405 g/mol. The van der Waals surface area contributed by atoms with E-state index in [0.29, 0.717) is 29.0 Å². The number of fused-ring (bicyclic) bond motifs is 1. The standard InChI is InChI=1S/C21H19N5O2S/c1-3-11-26-19(14-7-6-8-15(12-14)28-2)24-25-21(26)29-13-18-22-17-10-5-4-9-16(17)20(27)23-18/h3-10,12H,1,11,13H2,2H3,(H,22,23,27). The van der Waals surface area contributed by atoms with Crippen LogP contribution in [0.1, 0.15) is 5.82 Å². The first-order valence-electron chi connectivity index (χ1n) is 8.99. The molecular weight excluding hydrogens is 386 g/mol. The van der Waals surface area contributed by atoms with Crippen LogP contribution in [0.3, 0.4) is 0 Å². The van der Waals surface area contributed by atoms with Crippen LogP contribution in [-0.4, -0.2) is 31.8 Å². The fourth-order valence-electron chi connectivity index (χ4n) is 3.00. The summed E-state index contributed by atoms with van der Waals surface area (Å²) in [5.41, 5.74) is 1.44. The third-order valence-electron chi connectivity index (χ3n) is 4.36. The number of rotatable bonds is 7. The molecule has 2 aromatic heterocycles. The van der Waals surface area contributed by atoms with Gasteiger partial charge in [0.25, 0.3) is 5.56 Å². The molecular formula is C21H19N5O2S. The smallest absolute Gasteiger partial charge is 0.258 e. The van der Waals surface area contributed by atoms with E-state index in [1.165, 1.54) is 11.8 Å². The van der Waals surface area contributed by atoms with Crippen molar-refractivity contribution in [1.29, 1.82) is 0 Å². The van der Waals surface area contributed by atoms with Gasteiger partial charge >= 0.3 is 0 Å². The van der Waals surface area contributed by atoms with Gasteiger partial charge in [0.1, 0.15) is 11.6 Å². The Morgan fingerprint density at radius 3 is 2.90 bits per heavy atom. The van der Waals surface area contributed by atoms with Crippen molar-refractivity contribution in [2.75, 3.05) is 7.11 Å². The average Bonchev–Trinajstić information content (AvgIpc) is 3.15. The number of methoxy groups -OCH3 is 1. The van der Waals surface area contributed by atoms with E-state index in [2.05, 4.69) is 26.7 Å². The van der Waals surface area contributed by atoms with E-state index < -0.39 is 0 Å². The zero-order valence-corrected chi connectivity index (χ0v) is 16.6. The minimum atomic E-state index is -0.143. The van der Waals surface area contributed by atoms with Crippen LogP contribution in [0.4, 0.5) is 0 Å². The van der Waals surface area contributed by atoms with Gasteiger partial charge < -0.3 is 9.72 Å². The highest BCUT2D eigenvalue weighted by Gasteiger charge is 2.15. The molecule has 2 aromatic carbocycles. The zero-order valence-electron chi connectivity index (χ0n) is 15.8. The second-order valence-electron chi connectivity index (χ2n) is 6.26. The SMILES string of the molecule is C=CCn1c(SCc2nc3ccccc3c(=O)[nH]2)nnc1-c1cccc(OC)c1. The number of nitrogens with one attached hydrogen (secondary N) is 1. The van der Waals surface area contributed by atoms with Gasteiger partial charge in [0, 0.05) is 12.1 Å². The highest BCUT2D eigenvalue weighted by Crippen LogP contribution is 2.27. The van der Waals surface area contributed by atoms with Crippen LogP contribution >= 0.6 is 11.8 Å². The molecule has 0 fully saturated rings. The Hall–Kier alpha value is -3.39. The molecule has 8 heteroatoms. The summed E-state index contributed by atoms with van der Waals surface area (Å²) in [4.78, 5) is 19.7. The fourth-order valence-corrected chi connectivity index (χ4v) is 3.82. The summed E-state index contributed by atoms with van der Waals surface area (Å²) in [5, 5.41) is 9.99. The molecule has 1 N–H and O–H groups in total. The Bertz CT molecular complexity index is 1230. The number of allylic oxidation sites excluding steroid dienone is 1. The number of ether oxygens (including phenoxy) is 1. The summed E-state index contributed by atoms with van der Waals surface area (Å²) in [7, 11) is 1.63. The molecule has 4 aromatic rings. The lowest BCUT2D eigenvalue weighted by Gasteiger charge is -2.09. The number of nitrogens with zero attached hydrogens (tertiary/aromatic N) is 4. The number of aromatic nitrogens is 5. The highest BCUT2D eigenvalue weighted by molar-refractivity contribution is 7.98. The molecule has 2 heterocycles. The molecule has 4 rings (SSSR count). The Morgan fingerprint density at radius 2 is 2.07 bits per heavy atom.